The van der Waals surface area contributed by atoms with Gasteiger partial charge in [-0.2, -0.15) is 0 Å². The SMILES string of the molecule is CO.NCc1cc(-c2cc(COc3ccccc3CC=O)cc3cc(CCO)oc23)ccn1. The van der Waals surface area contributed by atoms with Gasteiger partial charge in [-0.15, -0.1) is 0 Å². The molecule has 0 aliphatic heterocycles. The van der Waals surface area contributed by atoms with Crippen LogP contribution in [-0.2, 0) is 30.8 Å². The summed E-state index contributed by atoms with van der Waals surface area (Å²) in [4.78, 5) is 15.2. The van der Waals surface area contributed by atoms with E-state index in [0.29, 0.717) is 31.7 Å². The molecule has 33 heavy (non-hydrogen) atoms. The lowest BCUT2D eigenvalue weighted by molar-refractivity contribution is -0.107. The van der Waals surface area contributed by atoms with Crippen molar-refractivity contribution in [3.05, 3.63) is 83.4 Å². The number of aldehydes is 1. The number of pyridine rings is 1. The fourth-order valence-corrected chi connectivity index (χ4v) is 3.62. The van der Waals surface area contributed by atoms with Crippen molar-refractivity contribution in [2.45, 2.75) is 26.0 Å². The molecule has 2 aromatic carbocycles. The maximum atomic E-state index is 11.0. The fourth-order valence-electron chi connectivity index (χ4n) is 3.62. The molecule has 0 aliphatic carbocycles. The van der Waals surface area contributed by atoms with Gasteiger partial charge in [-0.1, -0.05) is 18.2 Å². The van der Waals surface area contributed by atoms with E-state index < -0.39 is 0 Å². The fraction of sp³-hybridized carbons (Fsp3) is 0.231. The molecule has 2 aromatic heterocycles. The van der Waals surface area contributed by atoms with Crippen molar-refractivity contribution in [3.8, 4) is 16.9 Å². The molecule has 7 nitrogen and oxygen atoms in total. The molecule has 0 radical (unpaired) electrons. The molecule has 4 aromatic rings. The second-order valence-corrected chi connectivity index (χ2v) is 7.26. The molecule has 0 unspecified atom stereocenters. The molecule has 4 rings (SSSR count). The van der Waals surface area contributed by atoms with Crippen LogP contribution in [0.4, 0.5) is 0 Å². The lowest BCUT2D eigenvalue weighted by Gasteiger charge is -2.12. The number of aliphatic hydroxyl groups excluding tert-OH is 2. The molecular formula is C26H28N2O5. The molecule has 0 amide bonds. The van der Waals surface area contributed by atoms with Gasteiger partial charge in [0.05, 0.1) is 12.3 Å². The minimum absolute atomic E-state index is 0.0191. The number of hydrogen-bond donors (Lipinski definition) is 3. The first kappa shape index (κ1) is 24.1. The van der Waals surface area contributed by atoms with Crippen molar-refractivity contribution in [2.75, 3.05) is 13.7 Å². The molecule has 0 saturated heterocycles. The summed E-state index contributed by atoms with van der Waals surface area (Å²) in [6.45, 7) is 0.709. The molecule has 172 valence electrons. The zero-order valence-corrected chi connectivity index (χ0v) is 18.5. The molecule has 0 fully saturated rings. The van der Waals surface area contributed by atoms with Crippen LogP contribution in [0.15, 0.2) is 65.2 Å². The van der Waals surface area contributed by atoms with Crippen molar-refractivity contribution in [2.24, 2.45) is 5.73 Å². The monoisotopic (exact) mass is 448 g/mol. The first-order valence-corrected chi connectivity index (χ1v) is 10.6. The number of nitrogens with zero attached hydrogens (tertiary/aromatic N) is 1. The third-order valence-electron chi connectivity index (χ3n) is 5.09. The first-order chi connectivity index (χ1) is 16.2. The molecule has 0 saturated carbocycles. The van der Waals surface area contributed by atoms with Gasteiger partial charge in [-0.3, -0.25) is 4.98 Å². The number of nitrogens with two attached hydrogens (primary N) is 1. The minimum Gasteiger partial charge on any atom is -0.489 e. The largest absolute Gasteiger partial charge is 0.489 e. The topological polar surface area (TPSA) is 119 Å². The number of aliphatic hydroxyl groups is 2. The summed E-state index contributed by atoms with van der Waals surface area (Å²) < 4.78 is 12.1. The molecule has 0 spiro atoms. The van der Waals surface area contributed by atoms with Crippen LogP contribution in [0, 0.1) is 0 Å². The zero-order valence-electron chi connectivity index (χ0n) is 18.5. The van der Waals surface area contributed by atoms with Crippen LogP contribution >= 0.6 is 0 Å². The van der Waals surface area contributed by atoms with Crippen molar-refractivity contribution < 1.29 is 24.2 Å². The number of fused-ring (bicyclic) bond motifs is 1. The quantitative estimate of drug-likeness (QED) is 0.336. The van der Waals surface area contributed by atoms with Gasteiger partial charge < -0.3 is 29.9 Å². The van der Waals surface area contributed by atoms with Crippen LogP contribution in [0.3, 0.4) is 0 Å². The lowest BCUT2D eigenvalue weighted by atomic mass is 10.0. The van der Waals surface area contributed by atoms with Crippen molar-refractivity contribution in [1.29, 1.82) is 0 Å². The predicted octanol–water partition coefficient (Wildman–Crippen LogP) is 3.42. The second kappa shape index (κ2) is 11.9. The van der Waals surface area contributed by atoms with Crippen LogP contribution in [0.25, 0.3) is 22.1 Å². The maximum Gasteiger partial charge on any atom is 0.142 e. The smallest absolute Gasteiger partial charge is 0.142 e. The number of para-hydroxylation sites is 1. The number of hydrogen-bond acceptors (Lipinski definition) is 7. The number of rotatable bonds is 9. The summed E-state index contributed by atoms with van der Waals surface area (Å²) in [5, 5.41) is 17.2. The van der Waals surface area contributed by atoms with E-state index in [0.717, 1.165) is 58.1 Å². The molecule has 2 heterocycles. The van der Waals surface area contributed by atoms with E-state index in [1.165, 1.54) is 0 Å². The van der Waals surface area contributed by atoms with Gasteiger partial charge in [-0.05, 0) is 47.5 Å². The van der Waals surface area contributed by atoms with E-state index >= 15 is 0 Å². The Kier molecular flexibility index (Phi) is 8.71. The summed E-state index contributed by atoms with van der Waals surface area (Å²) in [5.41, 5.74) is 11.0. The van der Waals surface area contributed by atoms with Crippen molar-refractivity contribution >= 4 is 17.3 Å². The highest BCUT2D eigenvalue weighted by Gasteiger charge is 2.14. The number of furan rings is 1. The Bertz CT molecular complexity index is 1200. The van der Waals surface area contributed by atoms with Gasteiger partial charge in [-0.25, -0.2) is 0 Å². The van der Waals surface area contributed by atoms with E-state index in [4.69, 9.17) is 20.0 Å². The highest BCUT2D eigenvalue weighted by Crippen LogP contribution is 2.33. The molecule has 7 heteroatoms. The zero-order chi connectivity index (χ0) is 23.6. The number of aromatic nitrogens is 1. The third kappa shape index (κ3) is 5.84. The molecule has 0 atom stereocenters. The summed E-state index contributed by atoms with van der Waals surface area (Å²) in [7, 11) is 1.00. The Balaban J connectivity index is 0.00000149. The molecular weight excluding hydrogens is 420 g/mol. The molecule has 0 aliphatic rings. The summed E-state index contributed by atoms with van der Waals surface area (Å²) >= 11 is 0. The van der Waals surface area contributed by atoms with Gasteiger partial charge in [0.25, 0.3) is 0 Å². The van der Waals surface area contributed by atoms with E-state index in [9.17, 15) is 9.90 Å². The average molecular weight is 449 g/mol. The van der Waals surface area contributed by atoms with E-state index in [2.05, 4.69) is 4.98 Å². The van der Waals surface area contributed by atoms with E-state index in [1.54, 1.807) is 6.20 Å². The third-order valence-corrected chi connectivity index (χ3v) is 5.09. The Morgan fingerprint density at radius 3 is 2.70 bits per heavy atom. The van der Waals surface area contributed by atoms with Crippen LogP contribution in [-0.4, -0.2) is 35.2 Å². The summed E-state index contributed by atoms with van der Waals surface area (Å²) in [6.07, 6.45) is 3.37. The number of ether oxygens (including phenoxy) is 1. The lowest BCUT2D eigenvalue weighted by Crippen LogP contribution is -2.00. The Hall–Kier alpha value is -3.52. The van der Waals surface area contributed by atoms with Crippen molar-refractivity contribution in [3.63, 3.8) is 0 Å². The standard InChI is InChI=1S/C25H24N2O4.CH4O/c26-15-21-13-19(5-8-27-21)23-12-17(11-20-14-22(7-10-29)31-25(20)23)16-30-24-4-2-1-3-18(24)6-9-28;1-2/h1-5,8-9,11-14,29H,6-7,10,15-16,26H2;2H,1H3. The number of carbonyl (C=O) groups excluding carboxylic acids is 1. The highest BCUT2D eigenvalue weighted by molar-refractivity contribution is 5.93. The van der Waals surface area contributed by atoms with Gasteiger partial charge in [0.1, 0.15) is 30.0 Å². The van der Waals surface area contributed by atoms with E-state index in [1.807, 2.05) is 54.6 Å². The van der Waals surface area contributed by atoms with Gasteiger partial charge in [0.2, 0.25) is 0 Å². The Morgan fingerprint density at radius 2 is 1.94 bits per heavy atom. The predicted molar refractivity (Wildman–Crippen MR) is 127 cm³/mol. The normalized spacial score (nSPS) is 10.5. The highest BCUT2D eigenvalue weighted by atomic mass is 16.5. The van der Waals surface area contributed by atoms with Gasteiger partial charge in [0, 0.05) is 49.2 Å². The Labute approximate surface area is 192 Å². The van der Waals surface area contributed by atoms with Crippen LogP contribution in [0.2, 0.25) is 0 Å². The Morgan fingerprint density at radius 1 is 1.12 bits per heavy atom. The van der Waals surface area contributed by atoms with Gasteiger partial charge in [0.15, 0.2) is 0 Å². The van der Waals surface area contributed by atoms with Gasteiger partial charge >= 0.3 is 0 Å². The second-order valence-electron chi connectivity index (χ2n) is 7.26. The first-order valence-electron chi connectivity index (χ1n) is 10.6. The van der Waals surface area contributed by atoms with Crippen LogP contribution < -0.4 is 10.5 Å². The van der Waals surface area contributed by atoms with Crippen LogP contribution in [0.5, 0.6) is 5.75 Å². The number of benzene rings is 2. The van der Waals surface area contributed by atoms with Crippen LogP contribution in [0.1, 0.15) is 22.6 Å². The average Bonchev–Trinajstić information content (AvgIpc) is 3.27. The summed E-state index contributed by atoms with van der Waals surface area (Å²) in [6, 6.07) is 17.4. The minimum atomic E-state index is 0.0191. The molecule has 0 bridgehead atoms. The van der Waals surface area contributed by atoms with E-state index in [-0.39, 0.29) is 6.61 Å². The number of carbonyl (C=O) groups is 1. The summed E-state index contributed by atoms with van der Waals surface area (Å²) in [5.74, 6) is 1.42. The maximum absolute atomic E-state index is 11.0. The molecule has 4 N–H and O–H groups in total. The van der Waals surface area contributed by atoms with Crippen molar-refractivity contribution in [1.82, 2.24) is 4.98 Å².